The summed E-state index contributed by atoms with van der Waals surface area (Å²) in [5, 5.41) is 9.02. The zero-order chi connectivity index (χ0) is 14.9. The summed E-state index contributed by atoms with van der Waals surface area (Å²) in [6, 6.07) is 1.27. The molecule has 0 aromatic carbocycles. The van der Waals surface area contributed by atoms with Gasteiger partial charge in [-0.05, 0) is 18.9 Å². The van der Waals surface area contributed by atoms with Crippen LogP contribution in [0.3, 0.4) is 0 Å². The van der Waals surface area contributed by atoms with Crippen molar-refractivity contribution in [2.75, 3.05) is 6.54 Å². The number of nitrogens with zero attached hydrogens (tertiary/aromatic N) is 2. The second-order valence-electron chi connectivity index (χ2n) is 5.12. The van der Waals surface area contributed by atoms with E-state index >= 15 is 0 Å². The first kappa shape index (κ1) is 15.1. The molecule has 6 nitrogen and oxygen atoms in total. The highest BCUT2D eigenvalue weighted by atomic mass is 32.2. The Morgan fingerprint density at radius 1 is 1.45 bits per heavy atom. The van der Waals surface area contributed by atoms with E-state index in [9.17, 15) is 13.2 Å². The van der Waals surface area contributed by atoms with Crippen LogP contribution < -0.4 is 0 Å². The molecular formula is C13H20N2O4S. The van der Waals surface area contributed by atoms with Crippen molar-refractivity contribution in [2.24, 2.45) is 7.05 Å². The van der Waals surface area contributed by atoms with E-state index in [0.717, 1.165) is 25.7 Å². The van der Waals surface area contributed by atoms with Crippen LogP contribution in [0.15, 0.2) is 17.2 Å². The summed E-state index contributed by atoms with van der Waals surface area (Å²) >= 11 is 0. The first-order valence-corrected chi connectivity index (χ1v) is 8.23. The Morgan fingerprint density at radius 3 is 2.50 bits per heavy atom. The molecule has 1 saturated carbocycles. The number of carbonyl (C=O) groups is 1. The number of carboxylic acids is 1. The number of aromatic carboxylic acids is 1. The van der Waals surface area contributed by atoms with Crippen molar-refractivity contribution >= 4 is 16.0 Å². The summed E-state index contributed by atoms with van der Waals surface area (Å²) in [7, 11) is -2.08. The molecule has 20 heavy (non-hydrogen) atoms. The van der Waals surface area contributed by atoms with E-state index in [2.05, 4.69) is 0 Å². The zero-order valence-electron chi connectivity index (χ0n) is 11.7. The number of sulfonamides is 1. The van der Waals surface area contributed by atoms with Gasteiger partial charge in [-0.15, -0.1) is 0 Å². The van der Waals surface area contributed by atoms with Crippen molar-refractivity contribution in [3.63, 3.8) is 0 Å². The zero-order valence-corrected chi connectivity index (χ0v) is 12.6. The molecule has 112 valence electrons. The predicted octanol–water partition coefficient (Wildman–Crippen LogP) is 1.68. The predicted molar refractivity (Wildman–Crippen MR) is 74.2 cm³/mol. The van der Waals surface area contributed by atoms with Gasteiger partial charge in [-0.3, -0.25) is 0 Å². The van der Waals surface area contributed by atoms with E-state index in [1.165, 1.54) is 28.2 Å². The SMILES string of the molecule is CCN(C1CCCC1)S(=O)(=O)c1cc(C(=O)O)n(C)c1. The van der Waals surface area contributed by atoms with Crippen molar-refractivity contribution in [1.82, 2.24) is 8.87 Å². The van der Waals surface area contributed by atoms with E-state index in [0.29, 0.717) is 6.54 Å². The molecular weight excluding hydrogens is 280 g/mol. The Hall–Kier alpha value is -1.34. The highest BCUT2D eigenvalue weighted by molar-refractivity contribution is 7.89. The number of aryl methyl sites for hydroxylation is 1. The van der Waals surface area contributed by atoms with Crippen molar-refractivity contribution in [1.29, 1.82) is 0 Å². The van der Waals surface area contributed by atoms with Gasteiger partial charge >= 0.3 is 5.97 Å². The van der Waals surface area contributed by atoms with Gasteiger partial charge in [0.15, 0.2) is 0 Å². The molecule has 1 fully saturated rings. The molecule has 7 heteroatoms. The van der Waals surface area contributed by atoms with E-state index in [1.54, 1.807) is 0 Å². The number of aromatic nitrogens is 1. The van der Waals surface area contributed by atoms with Gasteiger partial charge in [0.25, 0.3) is 0 Å². The maximum Gasteiger partial charge on any atom is 0.352 e. The number of hydrogen-bond donors (Lipinski definition) is 1. The molecule has 1 aromatic heterocycles. The Balaban J connectivity index is 2.37. The fraction of sp³-hybridized carbons (Fsp3) is 0.615. The summed E-state index contributed by atoms with van der Waals surface area (Å²) < 4.78 is 28.1. The van der Waals surface area contributed by atoms with E-state index in [4.69, 9.17) is 5.11 Å². The lowest BCUT2D eigenvalue weighted by atomic mass is 10.2. The van der Waals surface area contributed by atoms with Crippen molar-refractivity contribution < 1.29 is 18.3 Å². The molecule has 0 unspecified atom stereocenters. The molecule has 0 amide bonds. The third-order valence-electron chi connectivity index (χ3n) is 3.85. The summed E-state index contributed by atoms with van der Waals surface area (Å²) in [6.07, 6.45) is 5.23. The second kappa shape index (κ2) is 5.57. The van der Waals surface area contributed by atoms with Gasteiger partial charge < -0.3 is 9.67 Å². The molecule has 0 saturated heterocycles. The average molecular weight is 300 g/mol. The summed E-state index contributed by atoms with van der Waals surface area (Å²) in [5.41, 5.74) is -0.0222. The normalized spacial score (nSPS) is 16.9. The highest BCUT2D eigenvalue weighted by Crippen LogP contribution is 2.29. The lowest BCUT2D eigenvalue weighted by Crippen LogP contribution is -2.38. The largest absolute Gasteiger partial charge is 0.477 e. The monoisotopic (exact) mass is 300 g/mol. The Kier molecular flexibility index (Phi) is 4.19. The molecule has 1 heterocycles. The van der Waals surface area contributed by atoms with Crippen LogP contribution in [0, 0.1) is 0 Å². The fourth-order valence-electron chi connectivity index (χ4n) is 2.84. The van der Waals surface area contributed by atoms with Crippen molar-refractivity contribution in [3.8, 4) is 0 Å². The van der Waals surface area contributed by atoms with Crippen molar-refractivity contribution in [2.45, 2.75) is 43.5 Å². The minimum absolute atomic E-state index is 0.0222. The minimum atomic E-state index is -3.62. The third kappa shape index (κ3) is 2.60. The van der Waals surface area contributed by atoms with Crippen molar-refractivity contribution in [3.05, 3.63) is 18.0 Å². The fourth-order valence-corrected chi connectivity index (χ4v) is 4.61. The van der Waals surface area contributed by atoms with Crippen LogP contribution in [0.25, 0.3) is 0 Å². The van der Waals surface area contributed by atoms with E-state index in [-0.39, 0.29) is 16.6 Å². The molecule has 0 bridgehead atoms. The maximum atomic E-state index is 12.7. The molecule has 1 aliphatic carbocycles. The molecule has 1 aliphatic rings. The quantitative estimate of drug-likeness (QED) is 0.897. The van der Waals surface area contributed by atoms with Gasteiger partial charge in [-0.1, -0.05) is 19.8 Å². The minimum Gasteiger partial charge on any atom is -0.477 e. The second-order valence-corrected chi connectivity index (χ2v) is 7.01. The molecule has 1 aromatic rings. The first-order valence-electron chi connectivity index (χ1n) is 6.79. The molecule has 0 atom stereocenters. The van der Waals surface area contributed by atoms with Crippen LogP contribution >= 0.6 is 0 Å². The smallest absolute Gasteiger partial charge is 0.352 e. The highest BCUT2D eigenvalue weighted by Gasteiger charge is 2.33. The summed E-state index contributed by atoms with van der Waals surface area (Å²) in [6.45, 7) is 2.22. The molecule has 2 rings (SSSR count). The van der Waals surface area contributed by atoms with Crippen LogP contribution in [0.2, 0.25) is 0 Å². The van der Waals surface area contributed by atoms with Gasteiger partial charge in [0, 0.05) is 25.8 Å². The van der Waals surface area contributed by atoms with Gasteiger partial charge in [0.2, 0.25) is 10.0 Å². The van der Waals surface area contributed by atoms with Crippen LogP contribution in [0.4, 0.5) is 0 Å². The van der Waals surface area contributed by atoms with Gasteiger partial charge in [0.1, 0.15) is 10.6 Å². The Bertz CT molecular complexity index is 600. The van der Waals surface area contributed by atoms with Crippen LogP contribution in [-0.4, -0.2) is 41.0 Å². The first-order chi connectivity index (χ1) is 9.37. The molecule has 0 aliphatic heterocycles. The van der Waals surface area contributed by atoms with Gasteiger partial charge in [-0.25, -0.2) is 13.2 Å². The number of hydrogen-bond acceptors (Lipinski definition) is 3. The lowest BCUT2D eigenvalue weighted by molar-refractivity contribution is 0.0686. The molecule has 0 radical (unpaired) electrons. The average Bonchev–Trinajstić information content (AvgIpc) is 2.99. The third-order valence-corrected chi connectivity index (χ3v) is 5.84. The van der Waals surface area contributed by atoms with Gasteiger partial charge in [0.05, 0.1) is 0 Å². The summed E-state index contributed by atoms with van der Waals surface area (Å²) in [4.78, 5) is 11.1. The lowest BCUT2D eigenvalue weighted by Gasteiger charge is -2.26. The Labute approximate surface area is 119 Å². The van der Waals surface area contributed by atoms with Crippen LogP contribution in [0.5, 0.6) is 0 Å². The topological polar surface area (TPSA) is 79.6 Å². The molecule has 1 N–H and O–H groups in total. The van der Waals surface area contributed by atoms with E-state index < -0.39 is 16.0 Å². The van der Waals surface area contributed by atoms with Crippen LogP contribution in [0.1, 0.15) is 43.1 Å². The van der Waals surface area contributed by atoms with Gasteiger partial charge in [-0.2, -0.15) is 4.31 Å². The number of rotatable bonds is 5. The summed E-state index contributed by atoms with van der Waals surface area (Å²) in [5.74, 6) is -1.13. The number of carboxylic acid groups (broad SMARTS) is 1. The molecule has 0 spiro atoms. The standard InChI is InChI=1S/C13H20N2O4S/c1-3-15(10-6-4-5-7-10)20(18,19)11-8-12(13(16)17)14(2)9-11/h8-10H,3-7H2,1-2H3,(H,16,17). The van der Waals surface area contributed by atoms with Crippen LogP contribution in [-0.2, 0) is 17.1 Å². The Morgan fingerprint density at radius 2 is 2.05 bits per heavy atom. The van der Waals surface area contributed by atoms with E-state index in [1.807, 2.05) is 6.92 Å². The maximum absolute atomic E-state index is 12.7.